The van der Waals surface area contributed by atoms with E-state index in [0.29, 0.717) is 23.5 Å². The molecule has 7 heteroatoms. The van der Waals surface area contributed by atoms with E-state index in [2.05, 4.69) is 0 Å². The van der Waals surface area contributed by atoms with Gasteiger partial charge in [-0.1, -0.05) is 24.3 Å². The molecule has 1 atom stereocenters. The molecule has 0 aliphatic rings. The average Bonchev–Trinajstić information content (AvgIpc) is 2.74. The van der Waals surface area contributed by atoms with Crippen LogP contribution < -0.4 is 10.5 Å². The fraction of sp³-hybridized carbons (Fsp3) is 0.208. The lowest BCUT2D eigenvalue weighted by atomic mass is 10.1. The van der Waals surface area contributed by atoms with Gasteiger partial charge in [0.05, 0.1) is 22.0 Å². The van der Waals surface area contributed by atoms with E-state index < -0.39 is 15.8 Å². The molecule has 3 aromatic rings. The van der Waals surface area contributed by atoms with Crippen LogP contribution in [-0.2, 0) is 21.0 Å². The monoisotopic (exact) mass is 439 g/mol. The number of carbonyl (C=O) groups excluding carboxylic acids is 1. The van der Waals surface area contributed by atoms with E-state index in [-0.39, 0.29) is 22.4 Å². The third kappa shape index (κ3) is 5.71. The maximum absolute atomic E-state index is 13.0. The summed E-state index contributed by atoms with van der Waals surface area (Å²) in [5.74, 6) is 0.299. The standard InChI is InChI=1S/C24H25NO5S/c1-3-29-24(26)19-6-4-7-20(15-19)30-21-8-5-9-23(16-21)31(27,28)22-12-10-18(11-13-22)14-17(2)25/h4-13,15-17H,3,14,25H2,1-2H3/t17-/m1/s1. The molecule has 0 saturated carbocycles. The quantitative estimate of drug-likeness (QED) is 0.524. The number of rotatable bonds is 8. The van der Waals surface area contributed by atoms with E-state index >= 15 is 0 Å². The number of hydrogen-bond donors (Lipinski definition) is 1. The summed E-state index contributed by atoms with van der Waals surface area (Å²) >= 11 is 0. The number of esters is 1. The fourth-order valence-corrected chi connectivity index (χ4v) is 4.35. The second-order valence-corrected chi connectivity index (χ2v) is 9.10. The minimum atomic E-state index is -3.71. The van der Waals surface area contributed by atoms with Crippen molar-refractivity contribution >= 4 is 15.8 Å². The molecule has 0 aliphatic heterocycles. The Kier molecular flexibility index (Phi) is 7.09. The van der Waals surface area contributed by atoms with Gasteiger partial charge in [-0.3, -0.25) is 0 Å². The highest BCUT2D eigenvalue weighted by Crippen LogP contribution is 2.28. The van der Waals surface area contributed by atoms with Gasteiger partial charge in [-0.05, 0) is 74.4 Å². The van der Waals surface area contributed by atoms with E-state index in [9.17, 15) is 13.2 Å². The first-order valence-corrected chi connectivity index (χ1v) is 11.4. The van der Waals surface area contributed by atoms with E-state index in [1.807, 2.05) is 6.92 Å². The summed E-state index contributed by atoms with van der Waals surface area (Å²) in [7, 11) is -3.71. The Labute approximate surface area is 182 Å². The molecule has 0 bridgehead atoms. The van der Waals surface area contributed by atoms with E-state index in [1.54, 1.807) is 67.6 Å². The topological polar surface area (TPSA) is 95.7 Å². The third-order valence-corrected chi connectivity index (χ3v) is 6.26. The number of sulfone groups is 1. The highest BCUT2D eigenvalue weighted by molar-refractivity contribution is 7.91. The molecular weight excluding hydrogens is 414 g/mol. The molecular formula is C24H25NO5S. The predicted molar refractivity (Wildman–Crippen MR) is 118 cm³/mol. The van der Waals surface area contributed by atoms with E-state index in [0.717, 1.165) is 5.56 Å². The first kappa shape index (κ1) is 22.5. The molecule has 0 unspecified atom stereocenters. The Morgan fingerprint density at radius 3 is 2.23 bits per heavy atom. The predicted octanol–water partition coefficient (Wildman–Crippen LogP) is 4.38. The van der Waals surface area contributed by atoms with Gasteiger partial charge in [0.1, 0.15) is 11.5 Å². The zero-order valence-electron chi connectivity index (χ0n) is 17.4. The van der Waals surface area contributed by atoms with Gasteiger partial charge in [0.25, 0.3) is 0 Å². The number of hydrogen-bond acceptors (Lipinski definition) is 6. The zero-order valence-corrected chi connectivity index (χ0v) is 18.3. The first-order chi connectivity index (χ1) is 14.8. The molecule has 0 spiro atoms. The maximum atomic E-state index is 13.0. The van der Waals surface area contributed by atoms with Crippen molar-refractivity contribution in [2.45, 2.75) is 36.1 Å². The average molecular weight is 440 g/mol. The summed E-state index contributed by atoms with van der Waals surface area (Å²) in [6.45, 7) is 3.91. The SMILES string of the molecule is CCOC(=O)c1cccc(Oc2cccc(S(=O)(=O)c3ccc(C[C@@H](C)N)cc3)c2)c1. The Morgan fingerprint density at radius 2 is 1.58 bits per heavy atom. The normalized spacial score (nSPS) is 12.2. The van der Waals surface area contributed by atoms with Gasteiger partial charge in [-0.15, -0.1) is 0 Å². The van der Waals surface area contributed by atoms with Crippen molar-refractivity contribution in [3.63, 3.8) is 0 Å². The Morgan fingerprint density at radius 1 is 0.935 bits per heavy atom. The van der Waals surface area contributed by atoms with Crippen molar-refractivity contribution in [1.29, 1.82) is 0 Å². The van der Waals surface area contributed by atoms with E-state index in [4.69, 9.17) is 15.2 Å². The van der Waals surface area contributed by atoms with Crippen LogP contribution in [0.25, 0.3) is 0 Å². The van der Waals surface area contributed by atoms with Crippen LogP contribution in [0.4, 0.5) is 0 Å². The Bertz CT molecular complexity index is 1150. The highest BCUT2D eigenvalue weighted by atomic mass is 32.2. The first-order valence-electron chi connectivity index (χ1n) is 9.94. The van der Waals surface area contributed by atoms with Gasteiger partial charge in [-0.2, -0.15) is 0 Å². The van der Waals surface area contributed by atoms with Crippen molar-refractivity contribution in [3.05, 3.63) is 83.9 Å². The van der Waals surface area contributed by atoms with Crippen LogP contribution in [0.1, 0.15) is 29.8 Å². The molecule has 31 heavy (non-hydrogen) atoms. The molecule has 2 N–H and O–H groups in total. The van der Waals surface area contributed by atoms with Crippen molar-refractivity contribution in [2.75, 3.05) is 6.61 Å². The number of benzene rings is 3. The van der Waals surface area contributed by atoms with Crippen LogP contribution in [-0.4, -0.2) is 27.0 Å². The lowest BCUT2D eigenvalue weighted by molar-refractivity contribution is 0.0526. The summed E-state index contributed by atoms with van der Waals surface area (Å²) in [6.07, 6.45) is 0.675. The smallest absolute Gasteiger partial charge is 0.338 e. The molecule has 6 nitrogen and oxygen atoms in total. The van der Waals surface area contributed by atoms with Crippen LogP contribution in [0.3, 0.4) is 0 Å². The molecule has 162 valence electrons. The van der Waals surface area contributed by atoms with Crippen LogP contribution >= 0.6 is 0 Å². The minimum Gasteiger partial charge on any atom is -0.462 e. The Hall–Kier alpha value is -3.16. The van der Waals surface area contributed by atoms with Gasteiger partial charge in [0.15, 0.2) is 0 Å². The van der Waals surface area contributed by atoms with Gasteiger partial charge < -0.3 is 15.2 Å². The van der Waals surface area contributed by atoms with Gasteiger partial charge in [0, 0.05) is 6.04 Å². The molecule has 0 amide bonds. The van der Waals surface area contributed by atoms with Crippen LogP contribution in [0.5, 0.6) is 11.5 Å². The number of ether oxygens (including phenoxy) is 2. The van der Waals surface area contributed by atoms with Crippen LogP contribution in [0, 0.1) is 0 Å². The number of nitrogens with two attached hydrogens (primary N) is 1. The summed E-state index contributed by atoms with van der Waals surface area (Å²) in [5, 5.41) is 0. The Balaban J connectivity index is 1.83. The summed E-state index contributed by atoms with van der Waals surface area (Å²) in [4.78, 5) is 12.2. The molecule has 0 heterocycles. The maximum Gasteiger partial charge on any atom is 0.338 e. The largest absolute Gasteiger partial charge is 0.462 e. The lowest BCUT2D eigenvalue weighted by Gasteiger charge is -2.10. The molecule has 0 aromatic heterocycles. The molecule has 0 fully saturated rings. The van der Waals surface area contributed by atoms with Crippen molar-refractivity contribution < 1.29 is 22.7 Å². The van der Waals surface area contributed by atoms with Gasteiger partial charge in [-0.25, -0.2) is 13.2 Å². The second-order valence-electron chi connectivity index (χ2n) is 7.15. The summed E-state index contributed by atoms with van der Waals surface area (Å²) in [6, 6.07) is 19.5. The van der Waals surface area contributed by atoms with Crippen molar-refractivity contribution in [2.24, 2.45) is 5.73 Å². The van der Waals surface area contributed by atoms with Crippen LogP contribution in [0.2, 0.25) is 0 Å². The number of carbonyl (C=O) groups is 1. The lowest BCUT2D eigenvalue weighted by Crippen LogP contribution is -2.17. The van der Waals surface area contributed by atoms with Crippen molar-refractivity contribution in [3.8, 4) is 11.5 Å². The highest BCUT2D eigenvalue weighted by Gasteiger charge is 2.18. The second kappa shape index (κ2) is 9.76. The van der Waals surface area contributed by atoms with Crippen LogP contribution in [0.15, 0.2) is 82.6 Å². The van der Waals surface area contributed by atoms with Crippen molar-refractivity contribution in [1.82, 2.24) is 0 Å². The summed E-state index contributed by atoms with van der Waals surface area (Å²) < 4.78 is 36.9. The molecule has 0 radical (unpaired) electrons. The zero-order chi connectivity index (χ0) is 22.4. The molecule has 0 saturated heterocycles. The third-order valence-electron chi connectivity index (χ3n) is 4.49. The fourth-order valence-electron chi connectivity index (χ4n) is 3.05. The molecule has 0 aliphatic carbocycles. The van der Waals surface area contributed by atoms with Gasteiger partial charge in [0.2, 0.25) is 9.84 Å². The minimum absolute atomic E-state index is 0.00128. The van der Waals surface area contributed by atoms with Gasteiger partial charge >= 0.3 is 5.97 Å². The molecule has 3 aromatic carbocycles. The van der Waals surface area contributed by atoms with E-state index in [1.165, 1.54) is 12.1 Å². The molecule has 3 rings (SSSR count). The summed E-state index contributed by atoms with van der Waals surface area (Å²) in [5.41, 5.74) is 7.14.